The lowest BCUT2D eigenvalue weighted by Gasteiger charge is -2.33. The molecule has 1 aromatic heterocycles. The van der Waals surface area contributed by atoms with Crippen LogP contribution in [0.25, 0.3) is 0 Å². The van der Waals surface area contributed by atoms with Crippen molar-refractivity contribution in [2.75, 3.05) is 19.8 Å². The maximum Gasteiger partial charge on any atom is 0.311 e. The molecule has 1 amide bonds. The molecule has 1 aromatic rings. The van der Waals surface area contributed by atoms with Gasteiger partial charge >= 0.3 is 5.97 Å². The van der Waals surface area contributed by atoms with Crippen molar-refractivity contribution in [2.45, 2.75) is 44.9 Å². The van der Waals surface area contributed by atoms with E-state index in [0.29, 0.717) is 32.5 Å². The Morgan fingerprint density at radius 2 is 2.04 bits per heavy atom. The number of amides is 1. The highest BCUT2D eigenvalue weighted by molar-refractivity contribution is 7.09. The molecule has 1 aliphatic heterocycles. The second kappa shape index (κ2) is 9.03. The van der Waals surface area contributed by atoms with Crippen LogP contribution >= 0.6 is 11.3 Å². The number of carboxylic acids is 1. The van der Waals surface area contributed by atoms with Gasteiger partial charge in [-0.05, 0) is 43.6 Å². The van der Waals surface area contributed by atoms with Crippen LogP contribution in [0.15, 0.2) is 17.5 Å². The fourth-order valence-corrected chi connectivity index (χ4v) is 3.55. The predicted molar refractivity (Wildman–Crippen MR) is 89.6 cm³/mol. The summed E-state index contributed by atoms with van der Waals surface area (Å²) in [7, 11) is 0. The number of hydrogen-bond acceptors (Lipinski definition) is 4. The lowest BCUT2D eigenvalue weighted by atomic mass is 9.80. The van der Waals surface area contributed by atoms with Gasteiger partial charge in [0.05, 0.1) is 5.41 Å². The minimum atomic E-state index is -0.854. The van der Waals surface area contributed by atoms with E-state index in [1.54, 1.807) is 11.3 Å². The van der Waals surface area contributed by atoms with Gasteiger partial charge in [-0.1, -0.05) is 12.5 Å². The molecule has 0 spiro atoms. The number of rotatable bonds is 9. The Morgan fingerprint density at radius 1 is 1.26 bits per heavy atom. The Bertz CT molecular complexity index is 495. The van der Waals surface area contributed by atoms with Gasteiger partial charge in [-0.2, -0.15) is 0 Å². The smallest absolute Gasteiger partial charge is 0.311 e. The standard InChI is InChI=1S/C17H25NO4S/c19-15(7-3-1-2-5-14-6-4-12-23-14)18-13-17(16(20)21)8-10-22-11-9-17/h4,6,12H,1-3,5,7-11,13H2,(H,18,19)(H,20,21). The Kier molecular flexibility index (Phi) is 7.05. The largest absolute Gasteiger partial charge is 0.481 e. The first-order valence-electron chi connectivity index (χ1n) is 8.23. The first-order valence-corrected chi connectivity index (χ1v) is 9.11. The molecule has 1 fully saturated rings. The number of carbonyl (C=O) groups excluding carboxylic acids is 1. The molecule has 2 heterocycles. The summed E-state index contributed by atoms with van der Waals surface area (Å²) >= 11 is 1.77. The molecule has 0 saturated carbocycles. The fourth-order valence-electron chi connectivity index (χ4n) is 2.80. The summed E-state index contributed by atoms with van der Waals surface area (Å²) < 4.78 is 5.23. The number of thiophene rings is 1. The van der Waals surface area contributed by atoms with Crippen molar-refractivity contribution in [2.24, 2.45) is 5.41 Å². The van der Waals surface area contributed by atoms with Gasteiger partial charge in [0.15, 0.2) is 0 Å². The quantitative estimate of drug-likeness (QED) is 0.678. The third kappa shape index (κ3) is 5.62. The highest BCUT2D eigenvalue weighted by Gasteiger charge is 2.40. The van der Waals surface area contributed by atoms with Crippen LogP contribution in [0.4, 0.5) is 0 Å². The second-order valence-corrected chi connectivity index (χ2v) is 7.15. The van der Waals surface area contributed by atoms with E-state index >= 15 is 0 Å². The third-order valence-electron chi connectivity index (χ3n) is 4.43. The summed E-state index contributed by atoms with van der Waals surface area (Å²) in [5.74, 6) is -0.884. The topological polar surface area (TPSA) is 75.6 Å². The molecule has 0 bridgehead atoms. The van der Waals surface area contributed by atoms with E-state index in [9.17, 15) is 14.7 Å². The molecule has 23 heavy (non-hydrogen) atoms. The lowest BCUT2D eigenvalue weighted by Crippen LogP contribution is -2.46. The lowest BCUT2D eigenvalue weighted by molar-refractivity contribution is -0.154. The van der Waals surface area contributed by atoms with Gasteiger partial charge in [0.1, 0.15) is 0 Å². The normalized spacial score (nSPS) is 16.9. The van der Waals surface area contributed by atoms with Crippen LogP contribution in [0.5, 0.6) is 0 Å². The summed E-state index contributed by atoms with van der Waals surface area (Å²) in [6.45, 7) is 1.11. The van der Waals surface area contributed by atoms with Crippen LogP contribution in [0.2, 0.25) is 0 Å². The summed E-state index contributed by atoms with van der Waals surface area (Å²) in [4.78, 5) is 24.8. The molecule has 0 aromatic carbocycles. The van der Waals surface area contributed by atoms with Crippen LogP contribution < -0.4 is 5.32 Å². The molecule has 0 atom stereocenters. The van der Waals surface area contributed by atoms with Gasteiger partial charge in [0.25, 0.3) is 0 Å². The predicted octanol–water partition coefficient (Wildman–Crippen LogP) is 2.85. The van der Waals surface area contributed by atoms with Gasteiger partial charge in [0.2, 0.25) is 5.91 Å². The molecule has 128 valence electrons. The van der Waals surface area contributed by atoms with Crippen LogP contribution in [0, 0.1) is 5.41 Å². The van der Waals surface area contributed by atoms with E-state index in [-0.39, 0.29) is 12.5 Å². The van der Waals surface area contributed by atoms with Crippen molar-refractivity contribution in [3.05, 3.63) is 22.4 Å². The molecule has 0 unspecified atom stereocenters. The van der Waals surface area contributed by atoms with Crippen molar-refractivity contribution in [1.82, 2.24) is 5.32 Å². The Labute approximate surface area is 141 Å². The number of unbranched alkanes of at least 4 members (excludes halogenated alkanes) is 2. The molecule has 0 radical (unpaired) electrons. The van der Waals surface area contributed by atoms with Crippen molar-refractivity contribution in [1.29, 1.82) is 0 Å². The third-order valence-corrected chi connectivity index (χ3v) is 5.37. The minimum Gasteiger partial charge on any atom is -0.481 e. The van der Waals surface area contributed by atoms with Gasteiger partial charge < -0.3 is 15.2 Å². The molecular weight excluding hydrogens is 314 g/mol. The average Bonchev–Trinajstić information content (AvgIpc) is 3.07. The maximum atomic E-state index is 11.9. The summed E-state index contributed by atoms with van der Waals surface area (Å²) in [6.07, 6.45) is 5.42. The number of nitrogens with one attached hydrogen (secondary N) is 1. The van der Waals surface area contributed by atoms with Gasteiger partial charge in [-0.15, -0.1) is 11.3 Å². The Balaban J connectivity index is 1.61. The summed E-state index contributed by atoms with van der Waals surface area (Å²) in [5, 5.41) is 14.3. The first-order chi connectivity index (χ1) is 11.1. The van der Waals surface area contributed by atoms with E-state index in [0.717, 1.165) is 25.7 Å². The zero-order valence-corrected chi connectivity index (χ0v) is 14.2. The molecular formula is C17H25NO4S. The fraction of sp³-hybridized carbons (Fsp3) is 0.647. The number of carboxylic acid groups (broad SMARTS) is 1. The van der Waals surface area contributed by atoms with Gasteiger partial charge in [0, 0.05) is 31.1 Å². The van der Waals surface area contributed by atoms with E-state index in [4.69, 9.17) is 4.74 Å². The molecule has 6 heteroatoms. The number of hydrogen-bond donors (Lipinski definition) is 2. The van der Waals surface area contributed by atoms with E-state index < -0.39 is 11.4 Å². The van der Waals surface area contributed by atoms with Crippen LogP contribution in [0.1, 0.15) is 43.4 Å². The highest BCUT2D eigenvalue weighted by Crippen LogP contribution is 2.30. The maximum absolute atomic E-state index is 11.9. The van der Waals surface area contributed by atoms with Gasteiger partial charge in [-0.25, -0.2) is 0 Å². The molecule has 5 nitrogen and oxygen atoms in total. The summed E-state index contributed by atoms with van der Waals surface area (Å²) in [6, 6.07) is 4.19. The second-order valence-electron chi connectivity index (χ2n) is 6.11. The Hall–Kier alpha value is -1.40. The number of aryl methyl sites for hydroxylation is 1. The molecule has 1 aliphatic rings. The zero-order valence-electron chi connectivity index (χ0n) is 13.4. The SMILES string of the molecule is O=C(CCCCCc1cccs1)NCC1(C(=O)O)CCOCC1. The minimum absolute atomic E-state index is 0.0479. The van der Waals surface area contributed by atoms with Gasteiger partial charge in [-0.3, -0.25) is 9.59 Å². The van der Waals surface area contributed by atoms with Crippen LogP contribution in [-0.2, 0) is 20.7 Å². The molecule has 2 N–H and O–H groups in total. The van der Waals surface area contributed by atoms with E-state index in [2.05, 4.69) is 22.8 Å². The summed E-state index contributed by atoms with van der Waals surface area (Å²) in [5.41, 5.74) is -0.854. The van der Waals surface area contributed by atoms with Crippen LogP contribution in [0.3, 0.4) is 0 Å². The number of ether oxygens (including phenoxy) is 1. The number of aliphatic carboxylic acids is 1. The van der Waals surface area contributed by atoms with Crippen molar-refractivity contribution in [3.8, 4) is 0 Å². The first kappa shape index (κ1) is 17.9. The van der Waals surface area contributed by atoms with E-state index in [1.165, 1.54) is 4.88 Å². The van der Waals surface area contributed by atoms with Crippen molar-refractivity contribution >= 4 is 23.2 Å². The number of carbonyl (C=O) groups is 2. The van der Waals surface area contributed by atoms with Crippen molar-refractivity contribution < 1.29 is 19.4 Å². The molecule has 1 saturated heterocycles. The highest BCUT2D eigenvalue weighted by atomic mass is 32.1. The zero-order chi connectivity index (χ0) is 16.5. The van der Waals surface area contributed by atoms with Crippen LogP contribution in [-0.4, -0.2) is 36.7 Å². The average molecular weight is 339 g/mol. The monoisotopic (exact) mass is 339 g/mol. The van der Waals surface area contributed by atoms with Crippen molar-refractivity contribution in [3.63, 3.8) is 0 Å². The molecule has 2 rings (SSSR count). The van der Waals surface area contributed by atoms with E-state index in [1.807, 2.05) is 0 Å². The Morgan fingerprint density at radius 3 is 2.70 bits per heavy atom. The molecule has 0 aliphatic carbocycles.